The molecule has 2 heterocycles. The molecule has 32 heavy (non-hydrogen) atoms. The van der Waals surface area contributed by atoms with Gasteiger partial charge in [-0.05, 0) is 32.1 Å². The third-order valence-corrected chi connectivity index (χ3v) is 5.56. The Balaban J connectivity index is 0.00000363. The molecule has 0 aliphatic carbocycles. The number of benzene rings is 1. The Morgan fingerprint density at radius 1 is 1.19 bits per heavy atom. The van der Waals surface area contributed by atoms with Gasteiger partial charge in [-0.25, -0.2) is 4.99 Å². The van der Waals surface area contributed by atoms with Gasteiger partial charge in [0.05, 0.1) is 32.0 Å². The SMILES string of the molecule is CCNC(=NCc1ccccc1CN1CCOCC1)NCC(c1cnn(C)c1)N(C)C.I. The number of morpholine rings is 1. The summed E-state index contributed by atoms with van der Waals surface area (Å²) in [5.74, 6) is 0.833. The molecular formula is C23H38IN7O. The molecule has 0 saturated carbocycles. The molecular weight excluding hydrogens is 517 g/mol. The van der Waals surface area contributed by atoms with Crippen LogP contribution >= 0.6 is 24.0 Å². The van der Waals surface area contributed by atoms with Gasteiger partial charge in [0.2, 0.25) is 0 Å². The Morgan fingerprint density at radius 2 is 1.91 bits per heavy atom. The highest BCUT2D eigenvalue weighted by atomic mass is 127. The first kappa shape index (κ1) is 26.6. The molecule has 1 aromatic carbocycles. The van der Waals surface area contributed by atoms with E-state index >= 15 is 0 Å². The lowest BCUT2D eigenvalue weighted by Gasteiger charge is -2.27. The summed E-state index contributed by atoms with van der Waals surface area (Å²) in [5.41, 5.74) is 3.79. The average Bonchev–Trinajstić information content (AvgIpc) is 3.19. The summed E-state index contributed by atoms with van der Waals surface area (Å²) in [4.78, 5) is 9.53. The first-order valence-corrected chi connectivity index (χ1v) is 11.1. The fraction of sp³-hybridized carbons (Fsp3) is 0.565. The number of halogens is 1. The summed E-state index contributed by atoms with van der Waals surface area (Å²) in [6, 6.07) is 8.82. The second kappa shape index (κ2) is 13.8. The van der Waals surface area contributed by atoms with Gasteiger partial charge in [0.1, 0.15) is 0 Å². The first-order chi connectivity index (χ1) is 15.1. The number of aromatic nitrogens is 2. The van der Waals surface area contributed by atoms with E-state index in [-0.39, 0.29) is 30.0 Å². The minimum Gasteiger partial charge on any atom is -0.379 e. The maximum atomic E-state index is 5.48. The molecule has 0 radical (unpaired) electrons. The van der Waals surface area contributed by atoms with Gasteiger partial charge in [0, 0.05) is 51.5 Å². The van der Waals surface area contributed by atoms with Crippen LogP contribution in [0, 0.1) is 0 Å². The Labute approximate surface area is 209 Å². The predicted molar refractivity (Wildman–Crippen MR) is 140 cm³/mol. The highest BCUT2D eigenvalue weighted by Crippen LogP contribution is 2.17. The van der Waals surface area contributed by atoms with E-state index in [0.717, 1.165) is 51.9 Å². The van der Waals surface area contributed by atoms with E-state index in [2.05, 4.69) is 77.0 Å². The van der Waals surface area contributed by atoms with Gasteiger partial charge in [0.25, 0.3) is 0 Å². The number of hydrogen-bond acceptors (Lipinski definition) is 5. The number of hydrogen-bond donors (Lipinski definition) is 2. The van der Waals surface area contributed by atoms with Gasteiger partial charge in [-0.2, -0.15) is 5.10 Å². The van der Waals surface area contributed by atoms with Crippen LogP contribution in [0.3, 0.4) is 0 Å². The number of ether oxygens (including phenoxy) is 1. The molecule has 1 aliphatic rings. The van der Waals surface area contributed by atoms with E-state index in [9.17, 15) is 0 Å². The molecule has 0 amide bonds. The van der Waals surface area contributed by atoms with Gasteiger partial charge in [-0.15, -0.1) is 24.0 Å². The summed E-state index contributed by atoms with van der Waals surface area (Å²) < 4.78 is 7.32. The normalized spacial score (nSPS) is 16.0. The number of likely N-dealkylation sites (N-methyl/N-ethyl adjacent to an activating group) is 1. The van der Waals surface area contributed by atoms with Crippen LogP contribution in [0.1, 0.15) is 29.7 Å². The van der Waals surface area contributed by atoms with Crippen molar-refractivity contribution in [3.8, 4) is 0 Å². The number of rotatable bonds is 9. The van der Waals surface area contributed by atoms with E-state index in [1.807, 2.05) is 17.9 Å². The molecule has 1 unspecified atom stereocenters. The molecule has 3 rings (SSSR count). The monoisotopic (exact) mass is 555 g/mol. The van der Waals surface area contributed by atoms with Gasteiger partial charge in [0.15, 0.2) is 5.96 Å². The zero-order chi connectivity index (χ0) is 22.1. The highest BCUT2D eigenvalue weighted by Gasteiger charge is 2.17. The van der Waals surface area contributed by atoms with Gasteiger partial charge < -0.3 is 20.3 Å². The zero-order valence-corrected chi connectivity index (χ0v) is 22.1. The molecule has 1 saturated heterocycles. The van der Waals surface area contributed by atoms with E-state index < -0.39 is 0 Å². The molecule has 178 valence electrons. The van der Waals surface area contributed by atoms with E-state index in [1.54, 1.807) is 0 Å². The maximum absolute atomic E-state index is 5.48. The lowest BCUT2D eigenvalue weighted by atomic mass is 10.1. The Bertz CT molecular complexity index is 833. The summed E-state index contributed by atoms with van der Waals surface area (Å²) in [5, 5.41) is 11.2. The molecule has 8 nitrogen and oxygen atoms in total. The number of nitrogens with zero attached hydrogens (tertiary/aromatic N) is 5. The van der Waals surface area contributed by atoms with Crippen LogP contribution in [0.2, 0.25) is 0 Å². The predicted octanol–water partition coefficient (Wildman–Crippen LogP) is 2.23. The summed E-state index contributed by atoms with van der Waals surface area (Å²) in [7, 11) is 6.13. The fourth-order valence-electron chi connectivity index (χ4n) is 3.78. The van der Waals surface area contributed by atoms with Crippen LogP contribution in [0.25, 0.3) is 0 Å². The summed E-state index contributed by atoms with van der Waals surface area (Å²) in [6.45, 7) is 8.87. The van der Waals surface area contributed by atoms with E-state index in [0.29, 0.717) is 6.54 Å². The minimum absolute atomic E-state index is 0. The third-order valence-electron chi connectivity index (χ3n) is 5.56. The second-order valence-corrected chi connectivity index (χ2v) is 8.16. The molecule has 0 bridgehead atoms. The Morgan fingerprint density at radius 3 is 2.53 bits per heavy atom. The van der Waals surface area contributed by atoms with Crippen LogP contribution in [0.4, 0.5) is 0 Å². The standard InChI is InChI=1S/C23H37N7O.HI/c1-5-24-23(26-16-22(28(2)3)21-15-27-29(4)17-21)25-14-19-8-6-7-9-20(19)18-30-10-12-31-13-11-30;/h6-9,15,17,22H,5,10-14,16,18H2,1-4H3,(H2,24,25,26);1H. The van der Waals surface area contributed by atoms with Crippen molar-refractivity contribution < 1.29 is 4.74 Å². The molecule has 2 N–H and O–H groups in total. The lowest BCUT2D eigenvalue weighted by molar-refractivity contribution is 0.0341. The van der Waals surface area contributed by atoms with Crippen molar-refractivity contribution in [2.45, 2.75) is 26.1 Å². The average molecular weight is 556 g/mol. The van der Waals surface area contributed by atoms with Crippen LogP contribution in [-0.4, -0.2) is 79.0 Å². The molecule has 1 atom stereocenters. The number of aryl methyl sites for hydroxylation is 1. The fourth-order valence-corrected chi connectivity index (χ4v) is 3.78. The Kier molecular flexibility index (Phi) is 11.4. The smallest absolute Gasteiger partial charge is 0.191 e. The maximum Gasteiger partial charge on any atom is 0.191 e. The van der Waals surface area contributed by atoms with Crippen molar-refractivity contribution in [2.24, 2.45) is 12.0 Å². The van der Waals surface area contributed by atoms with Crippen molar-refractivity contribution in [3.05, 3.63) is 53.3 Å². The van der Waals surface area contributed by atoms with Gasteiger partial charge in [-0.3, -0.25) is 9.58 Å². The van der Waals surface area contributed by atoms with Crippen molar-refractivity contribution >= 4 is 29.9 Å². The molecule has 2 aromatic rings. The molecule has 1 aromatic heterocycles. The van der Waals surface area contributed by atoms with Crippen LogP contribution in [-0.2, 0) is 24.9 Å². The topological polar surface area (TPSA) is 70.0 Å². The van der Waals surface area contributed by atoms with Crippen molar-refractivity contribution in [1.82, 2.24) is 30.2 Å². The van der Waals surface area contributed by atoms with Crippen LogP contribution in [0.15, 0.2) is 41.7 Å². The summed E-state index contributed by atoms with van der Waals surface area (Å²) in [6.07, 6.45) is 4.00. The van der Waals surface area contributed by atoms with Gasteiger partial charge >= 0.3 is 0 Å². The lowest BCUT2D eigenvalue weighted by Crippen LogP contribution is -2.41. The molecule has 9 heteroatoms. The largest absolute Gasteiger partial charge is 0.379 e. The number of guanidine groups is 1. The molecule has 1 fully saturated rings. The van der Waals surface area contributed by atoms with Crippen LogP contribution in [0.5, 0.6) is 0 Å². The molecule has 1 aliphatic heterocycles. The highest BCUT2D eigenvalue weighted by molar-refractivity contribution is 14.0. The van der Waals surface area contributed by atoms with Crippen molar-refractivity contribution in [3.63, 3.8) is 0 Å². The molecule has 0 spiro atoms. The number of nitrogens with one attached hydrogen (secondary N) is 2. The van der Waals surface area contributed by atoms with E-state index in [1.165, 1.54) is 16.7 Å². The minimum atomic E-state index is 0. The zero-order valence-electron chi connectivity index (χ0n) is 19.8. The Hall–Kier alpha value is -1.69. The van der Waals surface area contributed by atoms with Crippen LogP contribution < -0.4 is 10.6 Å². The van der Waals surface area contributed by atoms with Crippen molar-refractivity contribution in [2.75, 3.05) is 53.5 Å². The van der Waals surface area contributed by atoms with Crippen molar-refractivity contribution in [1.29, 1.82) is 0 Å². The first-order valence-electron chi connectivity index (χ1n) is 11.1. The number of aliphatic imine (C=N–C) groups is 1. The second-order valence-electron chi connectivity index (χ2n) is 8.16. The summed E-state index contributed by atoms with van der Waals surface area (Å²) >= 11 is 0. The third kappa shape index (κ3) is 8.02. The van der Waals surface area contributed by atoms with Gasteiger partial charge in [-0.1, -0.05) is 24.3 Å². The van der Waals surface area contributed by atoms with E-state index in [4.69, 9.17) is 9.73 Å². The quantitative estimate of drug-likeness (QED) is 0.281.